The van der Waals surface area contributed by atoms with Gasteiger partial charge >= 0.3 is 0 Å². The van der Waals surface area contributed by atoms with Crippen LogP contribution in [-0.4, -0.2) is 18.0 Å². The number of halogens is 1. The lowest BCUT2D eigenvalue weighted by molar-refractivity contribution is -0.117. The summed E-state index contributed by atoms with van der Waals surface area (Å²) in [5.74, 6) is 0.0588. The summed E-state index contributed by atoms with van der Waals surface area (Å²) < 4.78 is 1.03. The summed E-state index contributed by atoms with van der Waals surface area (Å²) in [4.78, 5) is 13.9. The van der Waals surface area contributed by atoms with Crippen molar-refractivity contribution in [3.63, 3.8) is 0 Å². The van der Waals surface area contributed by atoms with Crippen molar-refractivity contribution in [3.8, 4) is 0 Å². The van der Waals surface area contributed by atoms with Gasteiger partial charge in [0.25, 0.3) is 0 Å². The molecule has 86 valence electrons. The molecule has 1 atom stereocenters. The number of amides is 1. The summed E-state index contributed by atoms with van der Waals surface area (Å²) >= 11 is 3.46. The highest BCUT2D eigenvalue weighted by Gasteiger charge is 2.30. The van der Waals surface area contributed by atoms with E-state index in [4.69, 9.17) is 0 Å². The van der Waals surface area contributed by atoms with Crippen LogP contribution in [0.25, 0.3) is 0 Å². The zero-order valence-electron chi connectivity index (χ0n) is 9.62. The van der Waals surface area contributed by atoms with Gasteiger partial charge in [0.1, 0.15) is 6.04 Å². The second kappa shape index (κ2) is 4.09. The van der Waals surface area contributed by atoms with Crippen LogP contribution in [0.2, 0.25) is 0 Å². The Balaban J connectivity index is 2.53. The van der Waals surface area contributed by atoms with Crippen LogP contribution in [0.4, 0.5) is 11.4 Å². The van der Waals surface area contributed by atoms with Gasteiger partial charge in [0.15, 0.2) is 0 Å². The van der Waals surface area contributed by atoms with Gasteiger partial charge in [-0.25, -0.2) is 0 Å². The SMILES string of the molecule is CC(C)N1c2cc(Br)ccc2NC(=O)[C@H]1C. The lowest BCUT2D eigenvalue weighted by Gasteiger charge is -2.39. The maximum Gasteiger partial charge on any atom is 0.246 e. The second-order valence-corrected chi connectivity index (χ2v) is 5.24. The number of benzene rings is 1. The van der Waals surface area contributed by atoms with Crippen molar-refractivity contribution >= 4 is 33.2 Å². The van der Waals surface area contributed by atoms with E-state index in [0.29, 0.717) is 6.04 Å². The average Bonchev–Trinajstić information content (AvgIpc) is 2.20. The number of hydrogen-bond acceptors (Lipinski definition) is 2. The molecular weight excluding hydrogens is 268 g/mol. The van der Waals surface area contributed by atoms with E-state index in [1.54, 1.807) is 0 Å². The summed E-state index contributed by atoms with van der Waals surface area (Å²) in [7, 11) is 0. The molecule has 3 nitrogen and oxygen atoms in total. The van der Waals surface area contributed by atoms with Gasteiger partial charge in [-0.1, -0.05) is 15.9 Å². The molecule has 1 amide bonds. The summed E-state index contributed by atoms with van der Waals surface area (Å²) in [5, 5.41) is 2.92. The van der Waals surface area contributed by atoms with Gasteiger partial charge in [0.05, 0.1) is 11.4 Å². The van der Waals surface area contributed by atoms with Gasteiger partial charge in [-0.05, 0) is 39.0 Å². The van der Waals surface area contributed by atoms with E-state index < -0.39 is 0 Å². The quantitative estimate of drug-likeness (QED) is 0.859. The molecule has 1 N–H and O–H groups in total. The predicted octanol–water partition coefficient (Wildman–Crippen LogP) is 3.00. The Hall–Kier alpha value is -1.03. The molecule has 0 aromatic heterocycles. The molecule has 1 aromatic rings. The molecule has 0 fully saturated rings. The topological polar surface area (TPSA) is 32.3 Å². The summed E-state index contributed by atoms with van der Waals surface area (Å²) in [6.45, 7) is 6.12. The minimum absolute atomic E-state index is 0.0588. The number of rotatable bonds is 1. The molecule has 0 saturated carbocycles. The van der Waals surface area contributed by atoms with Crippen LogP contribution < -0.4 is 10.2 Å². The first kappa shape index (κ1) is 11.5. The predicted molar refractivity (Wildman–Crippen MR) is 69.8 cm³/mol. The molecule has 0 saturated heterocycles. The molecule has 0 unspecified atom stereocenters. The van der Waals surface area contributed by atoms with Gasteiger partial charge in [0, 0.05) is 10.5 Å². The maximum absolute atomic E-state index is 11.8. The Morgan fingerprint density at radius 1 is 1.44 bits per heavy atom. The molecule has 2 rings (SSSR count). The van der Waals surface area contributed by atoms with Gasteiger partial charge in [-0.15, -0.1) is 0 Å². The van der Waals surface area contributed by atoms with Gasteiger partial charge in [0.2, 0.25) is 5.91 Å². The first-order valence-corrected chi connectivity index (χ1v) is 6.18. The fourth-order valence-corrected chi connectivity index (χ4v) is 2.47. The number of hydrogen-bond donors (Lipinski definition) is 1. The second-order valence-electron chi connectivity index (χ2n) is 4.33. The molecule has 16 heavy (non-hydrogen) atoms. The van der Waals surface area contributed by atoms with Crippen molar-refractivity contribution in [1.82, 2.24) is 0 Å². The fourth-order valence-electron chi connectivity index (χ4n) is 2.12. The summed E-state index contributed by atoms with van der Waals surface area (Å²) in [6.07, 6.45) is 0. The monoisotopic (exact) mass is 282 g/mol. The van der Waals surface area contributed by atoms with Crippen LogP contribution in [0.5, 0.6) is 0 Å². The van der Waals surface area contributed by atoms with E-state index >= 15 is 0 Å². The van der Waals surface area contributed by atoms with Crippen LogP contribution >= 0.6 is 15.9 Å². The average molecular weight is 283 g/mol. The number of carbonyl (C=O) groups is 1. The molecule has 1 aliphatic heterocycles. The van der Waals surface area contributed by atoms with E-state index in [0.717, 1.165) is 15.8 Å². The lowest BCUT2D eigenvalue weighted by atomic mass is 10.1. The fraction of sp³-hybridized carbons (Fsp3) is 0.417. The molecule has 1 heterocycles. The van der Waals surface area contributed by atoms with Crippen LogP contribution in [-0.2, 0) is 4.79 Å². The van der Waals surface area contributed by atoms with E-state index in [1.807, 2.05) is 25.1 Å². The Morgan fingerprint density at radius 3 is 2.75 bits per heavy atom. The zero-order chi connectivity index (χ0) is 11.9. The first-order chi connectivity index (χ1) is 7.50. The summed E-state index contributed by atoms with van der Waals surface area (Å²) in [5.41, 5.74) is 1.97. The molecule has 0 aliphatic carbocycles. The third-order valence-electron chi connectivity index (χ3n) is 2.85. The van der Waals surface area contributed by atoms with Crippen molar-refractivity contribution in [2.75, 3.05) is 10.2 Å². The Kier molecular flexibility index (Phi) is 2.93. The van der Waals surface area contributed by atoms with Crippen LogP contribution in [0.1, 0.15) is 20.8 Å². The molecule has 0 radical (unpaired) electrons. The number of nitrogens with zero attached hydrogens (tertiary/aromatic N) is 1. The van der Waals surface area contributed by atoms with E-state index in [9.17, 15) is 4.79 Å². The van der Waals surface area contributed by atoms with Crippen LogP contribution in [0, 0.1) is 0 Å². The highest BCUT2D eigenvalue weighted by atomic mass is 79.9. The minimum Gasteiger partial charge on any atom is -0.356 e. The number of anilines is 2. The van der Waals surface area contributed by atoms with Gasteiger partial charge in [-0.2, -0.15) is 0 Å². The van der Waals surface area contributed by atoms with Crippen molar-refractivity contribution in [3.05, 3.63) is 22.7 Å². The van der Waals surface area contributed by atoms with E-state index in [1.165, 1.54) is 0 Å². The molecule has 4 heteroatoms. The zero-order valence-corrected chi connectivity index (χ0v) is 11.2. The number of fused-ring (bicyclic) bond motifs is 1. The molecule has 1 aromatic carbocycles. The Labute approximate surface area is 104 Å². The van der Waals surface area contributed by atoms with E-state index in [2.05, 4.69) is 40.0 Å². The number of carbonyl (C=O) groups excluding carboxylic acids is 1. The molecule has 0 spiro atoms. The largest absolute Gasteiger partial charge is 0.356 e. The van der Waals surface area contributed by atoms with Crippen molar-refractivity contribution < 1.29 is 4.79 Å². The normalized spacial score (nSPS) is 19.7. The standard InChI is InChI=1S/C12H15BrN2O/c1-7(2)15-8(3)12(16)14-10-5-4-9(13)6-11(10)15/h4-8H,1-3H3,(H,14,16)/t8-/m1/s1. The van der Waals surface area contributed by atoms with Gasteiger partial charge < -0.3 is 10.2 Å². The molecular formula is C12H15BrN2O. The maximum atomic E-state index is 11.8. The Morgan fingerprint density at radius 2 is 2.12 bits per heavy atom. The minimum atomic E-state index is -0.123. The molecule has 0 bridgehead atoms. The van der Waals surface area contributed by atoms with Crippen molar-refractivity contribution in [2.24, 2.45) is 0 Å². The highest BCUT2D eigenvalue weighted by molar-refractivity contribution is 9.10. The van der Waals surface area contributed by atoms with Crippen molar-refractivity contribution in [2.45, 2.75) is 32.9 Å². The molecule has 1 aliphatic rings. The van der Waals surface area contributed by atoms with E-state index in [-0.39, 0.29) is 11.9 Å². The highest BCUT2D eigenvalue weighted by Crippen LogP contribution is 2.35. The first-order valence-electron chi connectivity index (χ1n) is 5.39. The third-order valence-corrected chi connectivity index (χ3v) is 3.34. The van der Waals surface area contributed by atoms with Crippen LogP contribution in [0.3, 0.4) is 0 Å². The van der Waals surface area contributed by atoms with Gasteiger partial charge in [-0.3, -0.25) is 4.79 Å². The summed E-state index contributed by atoms with van der Waals surface area (Å²) in [6, 6.07) is 6.09. The smallest absolute Gasteiger partial charge is 0.246 e. The Bertz CT molecular complexity index is 431. The number of nitrogens with one attached hydrogen (secondary N) is 1. The van der Waals surface area contributed by atoms with Crippen LogP contribution in [0.15, 0.2) is 22.7 Å². The van der Waals surface area contributed by atoms with Crippen molar-refractivity contribution in [1.29, 1.82) is 0 Å². The third kappa shape index (κ3) is 1.82. The lowest BCUT2D eigenvalue weighted by Crippen LogP contribution is -2.49.